The van der Waals surface area contributed by atoms with E-state index >= 15 is 0 Å². The summed E-state index contributed by atoms with van der Waals surface area (Å²) < 4.78 is 15.3. The molecule has 0 spiro atoms. The van der Waals surface area contributed by atoms with Crippen LogP contribution in [0, 0.1) is 11.8 Å². The number of carbonyl (C=O) groups is 4. The molecule has 188 valence electrons. The molecule has 0 radical (unpaired) electrons. The van der Waals surface area contributed by atoms with Crippen LogP contribution in [0.25, 0.3) is 0 Å². The van der Waals surface area contributed by atoms with Gasteiger partial charge >= 0.3 is 17.9 Å². The van der Waals surface area contributed by atoms with E-state index in [2.05, 4.69) is 5.32 Å². The molecular formula is C26H31NO7S. The summed E-state index contributed by atoms with van der Waals surface area (Å²) in [7, 11) is 2.56. The molecule has 1 aromatic carbocycles. The smallest absolute Gasteiger partial charge is 0.337 e. The minimum absolute atomic E-state index is 0.240. The van der Waals surface area contributed by atoms with Gasteiger partial charge in [0.2, 0.25) is 0 Å². The zero-order valence-corrected chi connectivity index (χ0v) is 21.5. The second-order valence-electron chi connectivity index (χ2n) is 8.48. The van der Waals surface area contributed by atoms with Gasteiger partial charge in [-0.05, 0) is 42.7 Å². The highest BCUT2D eigenvalue weighted by molar-refractivity contribution is 7.99. The van der Waals surface area contributed by atoms with Gasteiger partial charge < -0.3 is 19.5 Å². The summed E-state index contributed by atoms with van der Waals surface area (Å²) >= 11 is 1.66. The quantitative estimate of drug-likeness (QED) is 0.248. The van der Waals surface area contributed by atoms with E-state index in [0.29, 0.717) is 45.8 Å². The highest BCUT2D eigenvalue weighted by Crippen LogP contribution is 2.45. The van der Waals surface area contributed by atoms with Crippen LogP contribution in [0.15, 0.2) is 46.8 Å². The summed E-state index contributed by atoms with van der Waals surface area (Å²) in [6.07, 6.45) is 0.449. The zero-order valence-electron chi connectivity index (χ0n) is 20.6. The SMILES string of the molecule is CCSCCOC(=O)C1=C(C)NC2=C(C(=O)[C@H](C(=O)OC)[C@@H](C)C2)[C@@H]1c1ccc(C(=O)OC)cc1. The Labute approximate surface area is 209 Å². The average molecular weight is 502 g/mol. The van der Waals surface area contributed by atoms with Crippen LogP contribution < -0.4 is 5.32 Å². The number of ketones is 1. The lowest BCUT2D eigenvalue weighted by Crippen LogP contribution is -2.43. The van der Waals surface area contributed by atoms with Gasteiger partial charge in [-0.15, -0.1) is 0 Å². The fourth-order valence-electron chi connectivity index (χ4n) is 4.63. The van der Waals surface area contributed by atoms with Gasteiger partial charge in [0, 0.05) is 28.6 Å². The molecule has 2 aliphatic rings. The van der Waals surface area contributed by atoms with Gasteiger partial charge in [-0.2, -0.15) is 11.8 Å². The van der Waals surface area contributed by atoms with Crippen LogP contribution in [-0.2, 0) is 28.6 Å². The lowest BCUT2D eigenvalue weighted by molar-refractivity contribution is -0.151. The molecule has 1 N–H and O–H groups in total. The Kier molecular flexibility index (Phi) is 8.77. The van der Waals surface area contributed by atoms with Gasteiger partial charge in [0.1, 0.15) is 12.5 Å². The molecule has 3 atom stereocenters. The number of benzene rings is 1. The molecule has 1 aromatic rings. The number of hydrogen-bond donors (Lipinski definition) is 1. The maximum atomic E-state index is 13.7. The fraction of sp³-hybridized carbons (Fsp3) is 0.462. The third-order valence-electron chi connectivity index (χ3n) is 6.29. The van der Waals surface area contributed by atoms with Crippen LogP contribution in [0.3, 0.4) is 0 Å². The minimum atomic E-state index is -0.964. The zero-order chi connectivity index (χ0) is 25.7. The first kappa shape index (κ1) is 26.5. The van der Waals surface area contributed by atoms with Gasteiger partial charge in [-0.1, -0.05) is 26.0 Å². The molecule has 35 heavy (non-hydrogen) atoms. The first-order valence-corrected chi connectivity index (χ1v) is 12.7. The second-order valence-corrected chi connectivity index (χ2v) is 9.88. The largest absolute Gasteiger partial charge is 0.468 e. The van der Waals surface area contributed by atoms with Crippen LogP contribution in [0.2, 0.25) is 0 Å². The number of hydrogen-bond acceptors (Lipinski definition) is 9. The van der Waals surface area contributed by atoms with Crippen molar-refractivity contribution in [2.24, 2.45) is 11.8 Å². The molecule has 0 amide bonds. The highest BCUT2D eigenvalue weighted by Gasteiger charge is 2.47. The van der Waals surface area contributed by atoms with Crippen LogP contribution in [0.1, 0.15) is 49.0 Å². The Morgan fingerprint density at radius 1 is 1.09 bits per heavy atom. The van der Waals surface area contributed by atoms with Crippen molar-refractivity contribution < 1.29 is 33.4 Å². The van der Waals surface area contributed by atoms with Gasteiger partial charge in [-0.3, -0.25) is 9.59 Å². The Hall–Kier alpha value is -3.07. The van der Waals surface area contributed by atoms with Crippen molar-refractivity contribution in [1.29, 1.82) is 0 Å². The minimum Gasteiger partial charge on any atom is -0.468 e. The van der Waals surface area contributed by atoms with Crippen molar-refractivity contribution in [2.75, 3.05) is 32.3 Å². The maximum Gasteiger partial charge on any atom is 0.337 e. The third kappa shape index (κ3) is 5.45. The highest BCUT2D eigenvalue weighted by atomic mass is 32.2. The molecule has 3 rings (SSSR count). The number of carbonyl (C=O) groups excluding carboxylic acids is 4. The van der Waals surface area contributed by atoms with Crippen molar-refractivity contribution in [3.8, 4) is 0 Å². The first-order valence-electron chi connectivity index (χ1n) is 11.5. The van der Waals surface area contributed by atoms with Crippen LogP contribution in [0.5, 0.6) is 0 Å². The molecule has 0 unspecified atom stereocenters. The van der Waals surface area contributed by atoms with Crippen molar-refractivity contribution in [1.82, 2.24) is 5.32 Å². The van der Waals surface area contributed by atoms with Gasteiger partial charge in [0.05, 0.1) is 25.4 Å². The van der Waals surface area contributed by atoms with E-state index in [0.717, 1.165) is 5.75 Å². The number of Topliss-reactive ketones (excluding diaryl/α,β-unsaturated/α-hetero) is 1. The third-order valence-corrected chi connectivity index (χ3v) is 7.16. The number of allylic oxidation sites excluding steroid dienone is 3. The molecule has 9 heteroatoms. The summed E-state index contributed by atoms with van der Waals surface area (Å²) in [5, 5.41) is 3.23. The Morgan fingerprint density at radius 3 is 2.37 bits per heavy atom. The Balaban J connectivity index is 2.08. The average Bonchev–Trinajstić information content (AvgIpc) is 2.85. The number of esters is 3. The molecule has 0 fully saturated rings. The van der Waals surface area contributed by atoms with E-state index in [1.165, 1.54) is 14.2 Å². The normalized spacial score (nSPS) is 21.7. The van der Waals surface area contributed by atoms with E-state index in [9.17, 15) is 19.2 Å². The number of dihydropyridines is 1. The molecule has 0 bridgehead atoms. The van der Waals surface area contributed by atoms with Crippen LogP contribution in [0.4, 0.5) is 0 Å². The van der Waals surface area contributed by atoms with Crippen molar-refractivity contribution >= 4 is 35.5 Å². The number of methoxy groups -OCH3 is 2. The predicted molar refractivity (Wildman–Crippen MR) is 132 cm³/mol. The van der Waals surface area contributed by atoms with E-state index in [4.69, 9.17) is 14.2 Å². The molecule has 1 aliphatic heterocycles. The molecule has 1 heterocycles. The second kappa shape index (κ2) is 11.6. The fourth-order valence-corrected chi connectivity index (χ4v) is 5.12. The number of nitrogens with one attached hydrogen (secondary N) is 1. The summed E-state index contributed by atoms with van der Waals surface area (Å²) in [4.78, 5) is 51.4. The van der Waals surface area contributed by atoms with E-state index < -0.39 is 29.7 Å². The topological polar surface area (TPSA) is 108 Å². The lowest BCUT2D eigenvalue weighted by atomic mass is 9.69. The molecular weight excluding hydrogens is 470 g/mol. The molecule has 8 nitrogen and oxygen atoms in total. The predicted octanol–water partition coefficient (Wildman–Crippen LogP) is 3.38. The Morgan fingerprint density at radius 2 is 1.77 bits per heavy atom. The first-order chi connectivity index (χ1) is 16.7. The van der Waals surface area contributed by atoms with E-state index in [1.54, 1.807) is 43.0 Å². The standard InChI is InChI=1S/C26H31NO7S/c1-6-35-12-11-34-26(31)20-15(3)27-18-13-14(2)19(25(30)33-5)23(28)22(18)21(20)16-7-9-17(10-8-16)24(29)32-4/h7-10,14,19,21,27H,6,11-13H2,1-5H3/t14-,19+,21+/m0/s1. The van der Waals surface area contributed by atoms with Gasteiger partial charge in [0.15, 0.2) is 5.78 Å². The lowest BCUT2D eigenvalue weighted by Gasteiger charge is -2.38. The summed E-state index contributed by atoms with van der Waals surface area (Å²) in [5.41, 5.74) is 2.91. The number of thioether (sulfide) groups is 1. The van der Waals surface area contributed by atoms with Gasteiger partial charge in [0.25, 0.3) is 0 Å². The van der Waals surface area contributed by atoms with Gasteiger partial charge in [-0.25, -0.2) is 9.59 Å². The number of rotatable bonds is 8. The van der Waals surface area contributed by atoms with E-state index in [1.807, 2.05) is 13.8 Å². The molecule has 0 saturated heterocycles. The number of ether oxygens (including phenoxy) is 3. The summed E-state index contributed by atoms with van der Waals surface area (Å²) in [6, 6.07) is 6.57. The molecule has 1 aliphatic carbocycles. The van der Waals surface area contributed by atoms with Crippen LogP contribution >= 0.6 is 11.8 Å². The Bertz CT molecular complexity index is 1070. The van der Waals surface area contributed by atoms with Crippen molar-refractivity contribution in [2.45, 2.75) is 33.1 Å². The summed E-state index contributed by atoms with van der Waals surface area (Å²) in [6.45, 7) is 5.88. The van der Waals surface area contributed by atoms with Crippen molar-refractivity contribution in [3.63, 3.8) is 0 Å². The van der Waals surface area contributed by atoms with Crippen LogP contribution in [-0.4, -0.2) is 56.0 Å². The summed E-state index contributed by atoms with van der Waals surface area (Å²) in [5.74, 6) is -2.40. The molecule has 0 aromatic heterocycles. The van der Waals surface area contributed by atoms with Crippen molar-refractivity contribution in [3.05, 3.63) is 57.9 Å². The maximum absolute atomic E-state index is 13.7. The van der Waals surface area contributed by atoms with E-state index in [-0.39, 0.29) is 18.3 Å². The molecule has 0 saturated carbocycles. The monoisotopic (exact) mass is 501 g/mol.